The molecule has 0 aliphatic heterocycles. The second kappa shape index (κ2) is 7.81. The quantitative estimate of drug-likeness (QED) is 0.480. The first-order valence-electron chi connectivity index (χ1n) is 10.3. The van der Waals surface area contributed by atoms with Gasteiger partial charge < -0.3 is 4.74 Å². The van der Waals surface area contributed by atoms with Crippen LogP contribution in [0.4, 0.5) is 4.39 Å². The van der Waals surface area contributed by atoms with Crippen LogP contribution in [0.25, 0.3) is 15.9 Å². The second-order valence-electron chi connectivity index (χ2n) is 7.69. The van der Waals surface area contributed by atoms with Gasteiger partial charge in [0.25, 0.3) is 5.56 Å². The van der Waals surface area contributed by atoms with Crippen LogP contribution in [0.5, 0.6) is 5.75 Å². The van der Waals surface area contributed by atoms with E-state index in [0.29, 0.717) is 27.2 Å². The summed E-state index contributed by atoms with van der Waals surface area (Å²) < 4.78 is 22.5. The minimum absolute atomic E-state index is 0.0612. The molecule has 0 unspecified atom stereocenters. The Balaban J connectivity index is 1.84. The Labute approximate surface area is 182 Å². The summed E-state index contributed by atoms with van der Waals surface area (Å²) in [6.45, 7) is 0.0612. The summed E-state index contributed by atoms with van der Waals surface area (Å²) in [5, 5.41) is 0.582. The molecule has 2 heterocycles. The van der Waals surface area contributed by atoms with Crippen molar-refractivity contribution in [1.82, 2.24) is 9.13 Å². The smallest absolute Gasteiger partial charge is 0.337 e. The van der Waals surface area contributed by atoms with E-state index in [1.807, 2.05) is 0 Å². The lowest BCUT2D eigenvalue weighted by molar-refractivity contribution is 0.414. The third kappa shape index (κ3) is 3.29. The van der Waals surface area contributed by atoms with Crippen LogP contribution in [0.2, 0.25) is 0 Å². The summed E-state index contributed by atoms with van der Waals surface area (Å²) in [4.78, 5) is 29.0. The maximum atomic E-state index is 14.4. The predicted molar refractivity (Wildman–Crippen MR) is 120 cm³/mol. The van der Waals surface area contributed by atoms with Gasteiger partial charge in [0, 0.05) is 16.5 Å². The van der Waals surface area contributed by atoms with Crippen molar-refractivity contribution in [3.63, 3.8) is 0 Å². The minimum atomic E-state index is -0.479. The van der Waals surface area contributed by atoms with Gasteiger partial charge in [0.2, 0.25) is 0 Å². The van der Waals surface area contributed by atoms with Crippen molar-refractivity contribution in [2.24, 2.45) is 0 Å². The van der Waals surface area contributed by atoms with Crippen molar-refractivity contribution in [1.29, 1.82) is 0 Å². The third-order valence-electron chi connectivity index (χ3n) is 5.83. The number of rotatable bonds is 4. The Morgan fingerprint density at radius 2 is 1.87 bits per heavy atom. The Kier molecular flexibility index (Phi) is 4.98. The molecule has 1 aliphatic carbocycles. The van der Waals surface area contributed by atoms with E-state index in [9.17, 15) is 14.0 Å². The van der Waals surface area contributed by atoms with Crippen molar-refractivity contribution in [3.8, 4) is 11.4 Å². The summed E-state index contributed by atoms with van der Waals surface area (Å²) in [5.74, 6) is 0.180. The molecule has 0 saturated carbocycles. The molecule has 0 saturated heterocycles. The fourth-order valence-corrected chi connectivity index (χ4v) is 5.65. The first kappa shape index (κ1) is 19.8. The van der Waals surface area contributed by atoms with Gasteiger partial charge in [-0.2, -0.15) is 0 Å². The van der Waals surface area contributed by atoms with Crippen LogP contribution in [0.1, 0.15) is 28.8 Å². The molecule has 0 fully saturated rings. The van der Waals surface area contributed by atoms with Crippen LogP contribution in [0, 0.1) is 5.82 Å². The number of ether oxygens (including phenoxy) is 1. The van der Waals surface area contributed by atoms with Gasteiger partial charge in [-0.05, 0) is 49.4 Å². The molecular formula is C24H21FN2O3S. The van der Waals surface area contributed by atoms with Crippen LogP contribution in [0.3, 0.4) is 0 Å². The third-order valence-corrected chi connectivity index (χ3v) is 7.15. The second-order valence-corrected chi connectivity index (χ2v) is 8.78. The van der Waals surface area contributed by atoms with Crippen molar-refractivity contribution < 1.29 is 9.13 Å². The van der Waals surface area contributed by atoms with Crippen molar-refractivity contribution >= 4 is 21.6 Å². The molecule has 0 atom stereocenters. The monoisotopic (exact) mass is 436 g/mol. The van der Waals surface area contributed by atoms with Crippen LogP contribution in [-0.2, 0) is 19.4 Å². The molecule has 0 N–H and O–H groups in total. The molecule has 0 spiro atoms. The Bertz CT molecular complexity index is 1420. The number of benzene rings is 2. The summed E-state index contributed by atoms with van der Waals surface area (Å²) in [7, 11) is 1.54. The highest BCUT2D eigenvalue weighted by Gasteiger charge is 2.24. The van der Waals surface area contributed by atoms with E-state index in [4.69, 9.17) is 4.74 Å². The number of nitrogens with zero attached hydrogens (tertiary/aromatic N) is 2. The van der Waals surface area contributed by atoms with E-state index in [1.165, 1.54) is 33.6 Å². The standard InChI is InChI=1S/C24H21FN2O3S/c1-30-17-9-6-8-16(13-17)27-22(28)21-18-10-3-5-12-20(18)31-23(21)26(24(27)29)14-15-7-2-4-11-19(15)25/h2,4,6-9,11,13H,3,5,10,12,14H2,1H3. The molecule has 2 aromatic carbocycles. The zero-order valence-corrected chi connectivity index (χ0v) is 17.9. The predicted octanol–water partition coefficient (Wildman–Crippen LogP) is 4.29. The molecule has 0 bridgehead atoms. The maximum Gasteiger partial charge on any atom is 0.337 e. The number of hydrogen-bond acceptors (Lipinski definition) is 4. The average Bonchev–Trinajstić information content (AvgIpc) is 3.18. The Morgan fingerprint density at radius 1 is 1.06 bits per heavy atom. The van der Waals surface area contributed by atoms with Gasteiger partial charge in [-0.15, -0.1) is 11.3 Å². The van der Waals surface area contributed by atoms with Crippen molar-refractivity contribution in [2.45, 2.75) is 32.2 Å². The number of aryl methyl sites for hydroxylation is 2. The number of methoxy groups -OCH3 is 1. The number of fused-ring (bicyclic) bond motifs is 3. The van der Waals surface area contributed by atoms with E-state index in [-0.39, 0.29) is 17.9 Å². The molecular weight excluding hydrogens is 415 g/mol. The van der Waals surface area contributed by atoms with Crippen LogP contribution in [-0.4, -0.2) is 16.2 Å². The highest BCUT2D eigenvalue weighted by Crippen LogP contribution is 2.34. The molecule has 5 rings (SSSR count). The largest absolute Gasteiger partial charge is 0.497 e. The minimum Gasteiger partial charge on any atom is -0.497 e. The zero-order valence-electron chi connectivity index (χ0n) is 17.1. The molecule has 0 amide bonds. The van der Waals surface area contributed by atoms with Gasteiger partial charge in [0.15, 0.2) is 0 Å². The molecule has 2 aromatic heterocycles. The van der Waals surface area contributed by atoms with Gasteiger partial charge >= 0.3 is 5.69 Å². The van der Waals surface area contributed by atoms with Gasteiger partial charge in [0.1, 0.15) is 16.4 Å². The van der Waals surface area contributed by atoms with Crippen LogP contribution < -0.4 is 16.0 Å². The topological polar surface area (TPSA) is 53.2 Å². The highest BCUT2D eigenvalue weighted by molar-refractivity contribution is 7.18. The van der Waals surface area contributed by atoms with E-state index >= 15 is 0 Å². The molecule has 158 valence electrons. The summed E-state index contributed by atoms with van der Waals surface area (Å²) in [6, 6.07) is 13.3. The molecule has 5 nitrogen and oxygen atoms in total. The summed E-state index contributed by atoms with van der Waals surface area (Å²) >= 11 is 1.49. The van der Waals surface area contributed by atoms with Crippen molar-refractivity contribution in [3.05, 3.63) is 91.2 Å². The molecule has 31 heavy (non-hydrogen) atoms. The van der Waals surface area contributed by atoms with Gasteiger partial charge in [-0.1, -0.05) is 24.3 Å². The Hall–Kier alpha value is -3.19. The Morgan fingerprint density at radius 3 is 2.68 bits per heavy atom. The van der Waals surface area contributed by atoms with E-state index in [1.54, 1.807) is 42.5 Å². The van der Waals surface area contributed by atoms with Gasteiger partial charge in [-0.3, -0.25) is 9.36 Å². The van der Waals surface area contributed by atoms with Crippen LogP contribution >= 0.6 is 11.3 Å². The first-order valence-corrected chi connectivity index (χ1v) is 11.1. The molecule has 7 heteroatoms. The molecule has 0 radical (unpaired) electrons. The first-order chi connectivity index (χ1) is 15.1. The fraction of sp³-hybridized carbons (Fsp3) is 0.250. The summed E-state index contributed by atoms with van der Waals surface area (Å²) in [5.41, 5.74) is 1.09. The van der Waals surface area contributed by atoms with E-state index < -0.39 is 5.69 Å². The number of aromatic nitrogens is 2. The normalized spacial score (nSPS) is 13.4. The lowest BCUT2D eigenvalue weighted by Crippen LogP contribution is -2.39. The SMILES string of the molecule is COc1cccc(-n2c(=O)c3c4c(sc3n(Cc3ccccc3F)c2=O)CCCC4)c1. The fourth-order valence-electron chi connectivity index (χ4n) is 4.28. The van der Waals surface area contributed by atoms with Crippen molar-refractivity contribution in [2.75, 3.05) is 7.11 Å². The van der Waals surface area contributed by atoms with E-state index in [0.717, 1.165) is 36.1 Å². The average molecular weight is 437 g/mol. The maximum absolute atomic E-state index is 14.4. The lowest BCUT2D eigenvalue weighted by Gasteiger charge is -2.14. The highest BCUT2D eigenvalue weighted by atomic mass is 32.1. The van der Waals surface area contributed by atoms with Crippen LogP contribution in [0.15, 0.2) is 58.1 Å². The number of thiophene rings is 1. The van der Waals surface area contributed by atoms with Gasteiger partial charge in [0.05, 0.1) is 24.7 Å². The zero-order chi connectivity index (χ0) is 21.5. The number of halogens is 1. The van der Waals surface area contributed by atoms with Gasteiger partial charge in [-0.25, -0.2) is 13.8 Å². The van der Waals surface area contributed by atoms with E-state index in [2.05, 4.69) is 0 Å². The number of hydrogen-bond donors (Lipinski definition) is 0. The molecule has 1 aliphatic rings. The lowest BCUT2D eigenvalue weighted by atomic mass is 9.97. The summed E-state index contributed by atoms with van der Waals surface area (Å²) in [6.07, 6.45) is 3.81. The molecule has 4 aromatic rings.